The molecule has 260 valence electrons. The van der Waals surface area contributed by atoms with Crippen molar-refractivity contribution in [2.24, 2.45) is 0 Å². The highest BCUT2D eigenvalue weighted by Gasteiger charge is 2.18. The Morgan fingerprint density at radius 1 is 0.364 bits per heavy atom. The summed E-state index contributed by atoms with van der Waals surface area (Å²) in [5.41, 5.74) is 13.6. The van der Waals surface area contributed by atoms with Crippen molar-refractivity contribution in [2.45, 2.75) is 6.92 Å². The molecule has 0 aliphatic rings. The fourth-order valence-corrected chi connectivity index (χ4v) is 8.05. The molecule has 0 saturated heterocycles. The van der Waals surface area contributed by atoms with E-state index in [1.165, 1.54) is 54.9 Å². The molecule has 55 heavy (non-hydrogen) atoms. The summed E-state index contributed by atoms with van der Waals surface area (Å²) in [5.74, 6) is 0.928. The molecule has 0 spiro atoms. The number of furan rings is 1. The van der Waals surface area contributed by atoms with E-state index >= 15 is 0 Å². The first-order valence-corrected chi connectivity index (χ1v) is 18.8. The predicted molar refractivity (Wildman–Crippen MR) is 232 cm³/mol. The molecule has 0 amide bonds. The first kappa shape index (κ1) is 32.5. The molecular formula is C53H37NO. The average molecular weight is 704 g/mol. The lowest BCUT2D eigenvalue weighted by atomic mass is 9.97. The number of nitrogens with zero attached hydrogens (tertiary/aromatic N) is 1. The largest absolute Gasteiger partial charge is 0.456 e. The summed E-state index contributed by atoms with van der Waals surface area (Å²) in [4.78, 5) is 2.39. The summed E-state index contributed by atoms with van der Waals surface area (Å²) in [5, 5.41) is 6.16. The van der Waals surface area contributed by atoms with Crippen molar-refractivity contribution in [1.29, 1.82) is 0 Å². The number of para-hydroxylation sites is 2. The SMILES string of the molecule is Cc1c(-c2cccc(-c3ccc(-c4ccc(N(c5ccc6c(ccc7ccccc76)c5)c5ccccc5-c5ccccc5)cc4)cc3)c2)oc2ccccc12. The summed E-state index contributed by atoms with van der Waals surface area (Å²) in [6.45, 7) is 2.14. The number of hydrogen-bond acceptors (Lipinski definition) is 2. The Morgan fingerprint density at radius 3 is 1.75 bits per heavy atom. The van der Waals surface area contributed by atoms with Crippen molar-refractivity contribution < 1.29 is 4.42 Å². The maximum absolute atomic E-state index is 6.30. The molecule has 9 aromatic carbocycles. The lowest BCUT2D eigenvalue weighted by Crippen LogP contribution is -2.11. The average Bonchev–Trinajstić information content (AvgIpc) is 3.60. The van der Waals surface area contributed by atoms with E-state index in [0.717, 1.165) is 44.9 Å². The van der Waals surface area contributed by atoms with Crippen LogP contribution in [-0.2, 0) is 0 Å². The van der Waals surface area contributed by atoms with Gasteiger partial charge in [0.05, 0.1) is 5.69 Å². The molecule has 0 saturated carbocycles. The van der Waals surface area contributed by atoms with Crippen LogP contribution in [0.3, 0.4) is 0 Å². The second-order valence-electron chi connectivity index (χ2n) is 14.2. The minimum Gasteiger partial charge on any atom is -0.456 e. The van der Waals surface area contributed by atoms with E-state index in [1.54, 1.807) is 0 Å². The van der Waals surface area contributed by atoms with Crippen LogP contribution in [0.25, 0.3) is 77.2 Å². The fraction of sp³-hybridized carbons (Fsp3) is 0.0189. The lowest BCUT2D eigenvalue weighted by molar-refractivity contribution is 0.629. The van der Waals surface area contributed by atoms with Crippen LogP contribution in [0.15, 0.2) is 211 Å². The molecule has 0 radical (unpaired) electrons. The quantitative estimate of drug-likeness (QED) is 0.154. The van der Waals surface area contributed by atoms with Crippen molar-refractivity contribution in [1.82, 2.24) is 0 Å². The van der Waals surface area contributed by atoms with Gasteiger partial charge in [-0.15, -0.1) is 0 Å². The summed E-state index contributed by atoms with van der Waals surface area (Å²) in [6, 6.07) is 74.0. The monoisotopic (exact) mass is 703 g/mol. The van der Waals surface area contributed by atoms with E-state index in [-0.39, 0.29) is 0 Å². The maximum atomic E-state index is 6.30. The first-order chi connectivity index (χ1) is 27.2. The van der Waals surface area contributed by atoms with E-state index in [1.807, 2.05) is 12.1 Å². The van der Waals surface area contributed by atoms with Gasteiger partial charge >= 0.3 is 0 Å². The minimum atomic E-state index is 0.922. The smallest absolute Gasteiger partial charge is 0.138 e. The summed E-state index contributed by atoms with van der Waals surface area (Å²) >= 11 is 0. The van der Waals surface area contributed by atoms with Gasteiger partial charge in [0.2, 0.25) is 0 Å². The summed E-state index contributed by atoms with van der Waals surface area (Å²) in [6.07, 6.45) is 0. The molecule has 1 aromatic heterocycles. The highest BCUT2D eigenvalue weighted by Crippen LogP contribution is 2.43. The van der Waals surface area contributed by atoms with Crippen LogP contribution in [0, 0.1) is 6.92 Å². The van der Waals surface area contributed by atoms with Gasteiger partial charge in [-0.3, -0.25) is 0 Å². The second-order valence-corrected chi connectivity index (χ2v) is 14.2. The van der Waals surface area contributed by atoms with E-state index in [2.05, 4.69) is 206 Å². The summed E-state index contributed by atoms with van der Waals surface area (Å²) in [7, 11) is 0. The predicted octanol–water partition coefficient (Wildman–Crippen LogP) is 15.2. The van der Waals surface area contributed by atoms with Gasteiger partial charge in [0, 0.05) is 33.5 Å². The van der Waals surface area contributed by atoms with Gasteiger partial charge in [-0.1, -0.05) is 164 Å². The molecule has 0 aliphatic carbocycles. The summed E-state index contributed by atoms with van der Waals surface area (Å²) < 4.78 is 6.30. The van der Waals surface area contributed by atoms with Gasteiger partial charge in [-0.2, -0.15) is 0 Å². The number of anilines is 3. The highest BCUT2D eigenvalue weighted by atomic mass is 16.3. The minimum absolute atomic E-state index is 0.922. The third-order valence-electron chi connectivity index (χ3n) is 10.9. The van der Waals surface area contributed by atoms with Gasteiger partial charge in [0.25, 0.3) is 0 Å². The van der Waals surface area contributed by atoms with E-state index in [0.29, 0.717) is 0 Å². The maximum Gasteiger partial charge on any atom is 0.138 e. The van der Waals surface area contributed by atoms with Crippen LogP contribution in [-0.4, -0.2) is 0 Å². The second kappa shape index (κ2) is 13.7. The molecule has 0 aliphatic heterocycles. The molecule has 1 heterocycles. The van der Waals surface area contributed by atoms with Crippen LogP contribution >= 0.6 is 0 Å². The number of rotatable bonds is 7. The number of fused-ring (bicyclic) bond motifs is 4. The topological polar surface area (TPSA) is 16.4 Å². The van der Waals surface area contributed by atoms with Crippen LogP contribution in [0.2, 0.25) is 0 Å². The molecule has 2 heteroatoms. The zero-order valence-electron chi connectivity index (χ0n) is 30.5. The number of aryl methyl sites for hydroxylation is 1. The molecule has 0 unspecified atom stereocenters. The normalized spacial score (nSPS) is 11.4. The number of hydrogen-bond donors (Lipinski definition) is 0. The first-order valence-electron chi connectivity index (χ1n) is 18.8. The fourth-order valence-electron chi connectivity index (χ4n) is 8.05. The van der Waals surface area contributed by atoms with Crippen molar-refractivity contribution in [3.05, 3.63) is 212 Å². The van der Waals surface area contributed by atoms with Crippen molar-refractivity contribution in [3.8, 4) is 44.7 Å². The molecule has 10 aromatic rings. The van der Waals surface area contributed by atoms with E-state index < -0.39 is 0 Å². The third-order valence-corrected chi connectivity index (χ3v) is 10.9. The molecule has 0 fully saturated rings. The van der Waals surface area contributed by atoms with E-state index in [4.69, 9.17) is 4.42 Å². The van der Waals surface area contributed by atoms with Crippen LogP contribution in [0.4, 0.5) is 17.1 Å². The Hall–Kier alpha value is -7.16. The molecule has 0 atom stereocenters. The Bertz CT molecular complexity index is 2970. The molecule has 0 N–H and O–H groups in total. The molecule has 10 rings (SSSR count). The van der Waals surface area contributed by atoms with Gasteiger partial charge in [-0.05, 0) is 98.8 Å². The highest BCUT2D eigenvalue weighted by molar-refractivity contribution is 6.08. The van der Waals surface area contributed by atoms with Crippen LogP contribution in [0.1, 0.15) is 5.56 Å². The Balaban J connectivity index is 1.00. The number of benzene rings is 9. The Labute approximate surface area is 321 Å². The molecule has 0 bridgehead atoms. The van der Waals surface area contributed by atoms with Gasteiger partial charge in [-0.25, -0.2) is 0 Å². The standard InChI is InChI=1S/C53H37NO/c1-36-47-17-8-10-21-52(47)55-53(36)44-16-11-15-42(34-44)39-24-22-37(23-25-39)38-28-30-45(31-29-38)54(51-20-9-7-19-50(51)40-12-3-2-4-13-40)46-32-33-49-43(35-46)27-26-41-14-5-6-18-48(41)49/h2-35H,1H3. The molecule has 2 nitrogen and oxygen atoms in total. The molecular weight excluding hydrogens is 667 g/mol. The van der Waals surface area contributed by atoms with E-state index in [9.17, 15) is 0 Å². The van der Waals surface area contributed by atoms with Crippen LogP contribution < -0.4 is 4.90 Å². The zero-order valence-corrected chi connectivity index (χ0v) is 30.5. The van der Waals surface area contributed by atoms with Gasteiger partial charge in [0.15, 0.2) is 0 Å². The van der Waals surface area contributed by atoms with Gasteiger partial charge < -0.3 is 9.32 Å². The lowest BCUT2D eigenvalue weighted by Gasteiger charge is -2.28. The van der Waals surface area contributed by atoms with Crippen molar-refractivity contribution in [3.63, 3.8) is 0 Å². The zero-order chi connectivity index (χ0) is 36.7. The van der Waals surface area contributed by atoms with Crippen LogP contribution in [0.5, 0.6) is 0 Å². The van der Waals surface area contributed by atoms with Gasteiger partial charge in [0.1, 0.15) is 11.3 Å². The Morgan fingerprint density at radius 2 is 0.945 bits per heavy atom. The van der Waals surface area contributed by atoms with Crippen molar-refractivity contribution in [2.75, 3.05) is 4.90 Å². The van der Waals surface area contributed by atoms with Crippen molar-refractivity contribution >= 4 is 49.6 Å². The third kappa shape index (κ3) is 5.95. The Kier molecular flexibility index (Phi) is 8.08.